The monoisotopic (exact) mass is 215 g/mol. The van der Waals surface area contributed by atoms with Crippen LogP contribution in [0.3, 0.4) is 0 Å². The van der Waals surface area contributed by atoms with Gasteiger partial charge in [0.1, 0.15) is 0 Å². The number of fused-ring (bicyclic) bond motifs is 1. The first-order valence-electron chi connectivity index (χ1n) is 4.80. The standard InChI is InChI=1S/C10H9N5O/c1-11-10-13-8(6-2-3-16-5-6)7-4-12-15-9(7)14-10/h2-5H,1H3,(H2,11,12,13,14,15). The molecule has 0 fully saturated rings. The van der Waals surface area contributed by atoms with Gasteiger partial charge < -0.3 is 9.73 Å². The summed E-state index contributed by atoms with van der Waals surface area (Å²) in [4.78, 5) is 8.65. The Hall–Kier alpha value is -2.37. The fourth-order valence-electron chi connectivity index (χ4n) is 1.57. The van der Waals surface area contributed by atoms with E-state index < -0.39 is 0 Å². The number of aromatic nitrogens is 4. The smallest absolute Gasteiger partial charge is 0.225 e. The van der Waals surface area contributed by atoms with Crippen LogP contribution in [-0.4, -0.2) is 27.2 Å². The second-order valence-electron chi connectivity index (χ2n) is 3.29. The van der Waals surface area contributed by atoms with Crippen LogP contribution in [0.1, 0.15) is 0 Å². The topological polar surface area (TPSA) is 79.6 Å². The quantitative estimate of drug-likeness (QED) is 0.679. The van der Waals surface area contributed by atoms with Crippen LogP contribution >= 0.6 is 0 Å². The first-order chi connectivity index (χ1) is 7.88. The summed E-state index contributed by atoms with van der Waals surface area (Å²) in [6.07, 6.45) is 4.97. The Kier molecular flexibility index (Phi) is 1.86. The molecule has 3 aromatic rings. The summed E-state index contributed by atoms with van der Waals surface area (Å²) in [6.45, 7) is 0. The molecular weight excluding hydrogens is 206 g/mol. The SMILES string of the molecule is CNc1nc(-c2ccoc2)c2cn[nH]c2n1. The van der Waals surface area contributed by atoms with Crippen molar-refractivity contribution in [1.82, 2.24) is 20.2 Å². The van der Waals surface area contributed by atoms with Gasteiger partial charge in [-0.15, -0.1) is 0 Å². The van der Waals surface area contributed by atoms with Crippen molar-refractivity contribution in [2.45, 2.75) is 0 Å². The molecule has 2 N–H and O–H groups in total. The Morgan fingerprint density at radius 3 is 3.06 bits per heavy atom. The number of hydrogen-bond acceptors (Lipinski definition) is 5. The lowest BCUT2D eigenvalue weighted by Gasteiger charge is -2.02. The van der Waals surface area contributed by atoms with Crippen LogP contribution in [-0.2, 0) is 0 Å². The average Bonchev–Trinajstić information content (AvgIpc) is 2.98. The van der Waals surface area contributed by atoms with Gasteiger partial charge in [0.25, 0.3) is 0 Å². The normalized spacial score (nSPS) is 10.8. The van der Waals surface area contributed by atoms with Crippen LogP contribution in [0.15, 0.2) is 29.2 Å². The van der Waals surface area contributed by atoms with Gasteiger partial charge >= 0.3 is 0 Å². The maximum absolute atomic E-state index is 5.06. The Morgan fingerprint density at radius 1 is 1.38 bits per heavy atom. The summed E-state index contributed by atoms with van der Waals surface area (Å²) in [7, 11) is 1.77. The highest BCUT2D eigenvalue weighted by atomic mass is 16.3. The van der Waals surface area contributed by atoms with Gasteiger partial charge in [-0.25, -0.2) is 4.98 Å². The number of furan rings is 1. The molecule has 0 radical (unpaired) electrons. The molecule has 3 rings (SSSR count). The van der Waals surface area contributed by atoms with Gasteiger partial charge in [-0.05, 0) is 6.07 Å². The molecule has 0 aliphatic carbocycles. The second kappa shape index (κ2) is 3.34. The molecule has 0 aromatic carbocycles. The molecule has 0 aliphatic heterocycles. The summed E-state index contributed by atoms with van der Waals surface area (Å²) in [6, 6.07) is 1.86. The Labute approximate surface area is 90.7 Å². The van der Waals surface area contributed by atoms with Crippen molar-refractivity contribution in [3.63, 3.8) is 0 Å². The Bertz CT molecular complexity index is 613. The van der Waals surface area contributed by atoms with Crippen molar-refractivity contribution < 1.29 is 4.42 Å². The number of nitrogens with zero attached hydrogens (tertiary/aromatic N) is 3. The molecule has 0 saturated carbocycles. The van der Waals surface area contributed by atoms with E-state index in [4.69, 9.17) is 4.42 Å². The van der Waals surface area contributed by atoms with E-state index in [9.17, 15) is 0 Å². The summed E-state index contributed by atoms with van der Waals surface area (Å²) >= 11 is 0. The minimum Gasteiger partial charge on any atom is -0.472 e. The first-order valence-corrected chi connectivity index (χ1v) is 4.80. The molecule has 0 atom stereocenters. The van der Waals surface area contributed by atoms with E-state index in [1.807, 2.05) is 6.07 Å². The number of hydrogen-bond donors (Lipinski definition) is 2. The first kappa shape index (κ1) is 8.90. The van der Waals surface area contributed by atoms with E-state index in [0.717, 1.165) is 16.6 Å². The minimum atomic E-state index is 0.549. The van der Waals surface area contributed by atoms with Gasteiger partial charge in [-0.1, -0.05) is 0 Å². The van der Waals surface area contributed by atoms with Crippen molar-refractivity contribution in [3.05, 3.63) is 24.8 Å². The van der Waals surface area contributed by atoms with E-state index in [1.54, 1.807) is 25.8 Å². The van der Waals surface area contributed by atoms with Crippen molar-refractivity contribution in [2.24, 2.45) is 0 Å². The summed E-state index contributed by atoms with van der Waals surface area (Å²) < 4.78 is 5.06. The van der Waals surface area contributed by atoms with Gasteiger partial charge in [0.2, 0.25) is 5.95 Å². The van der Waals surface area contributed by atoms with Gasteiger partial charge in [-0.3, -0.25) is 5.10 Å². The van der Waals surface area contributed by atoms with Crippen molar-refractivity contribution in [2.75, 3.05) is 12.4 Å². The number of H-pyrrole nitrogens is 1. The van der Waals surface area contributed by atoms with Gasteiger partial charge in [-0.2, -0.15) is 10.1 Å². The fourth-order valence-corrected chi connectivity index (χ4v) is 1.57. The van der Waals surface area contributed by atoms with Crippen LogP contribution < -0.4 is 5.32 Å². The lowest BCUT2D eigenvalue weighted by atomic mass is 10.2. The van der Waals surface area contributed by atoms with E-state index in [-0.39, 0.29) is 0 Å². The van der Waals surface area contributed by atoms with E-state index in [0.29, 0.717) is 11.6 Å². The molecule has 0 spiro atoms. The summed E-state index contributed by atoms with van der Waals surface area (Å²) in [5.41, 5.74) is 2.41. The highest BCUT2D eigenvalue weighted by Crippen LogP contribution is 2.25. The Balaban J connectivity index is 2.33. The molecule has 6 nitrogen and oxygen atoms in total. The second-order valence-corrected chi connectivity index (χ2v) is 3.29. The summed E-state index contributed by atoms with van der Waals surface area (Å²) in [5, 5.41) is 10.6. The van der Waals surface area contributed by atoms with E-state index >= 15 is 0 Å². The molecule has 6 heteroatoms. The Morgan fingerprint density at radius 2 is 2.31 bits per heavy atom. The van der Waals surface area contributed by atoms with Crippen molar-refractivity contribution in [1.29, 1.82) is 0 Å². The molecule has 3 aromatic heterocycles. The third kappa shape index (κ3) is 1.23. The van der Waals surface area contributed by atoms with Crippen LogP contribution in [0, 0.1) is 0 Å². The van der Waals surface area contributed by atoms with Gasteiger partial charge in [0.15, 0.2) is 5.65 Å². The lowest BCUT2D eigenvalue weighted by Crippen LogP contribution is -1.98. The highest BCUT2D eigenvalue weighted by molar-refractivity contribution is 5.90. The largest absolute Gasteiger partial charge is 0.472 e. The number of nitrogens with one attached hydrogen (secondary N) is 2. The van der Waals surface area contributed by atoms with Crippen molar-refractivity contribution in [3.8, 4) is 11.3 Å². The number of rotatable bonds is 2. The van der Waals surface area contributed by atoms with Gasteiger partial charge in [0, 0.05) is 12.6 Å². The van der Waals surface area contributed by atoms with Crippen LogP contribution in [0.5, 0.6) is 0 Å². The molecule has 80 valence electrons. The predicted molar refractivity (Wildman–Crippen MR) is 58.9 cm³/mol. The predicted octanol–water partition coefficient (Wildman–Crippen LogP) is 1.65. The number of anilines is 1. The van der Waals surface area contributed by atoms with E-state index in [2.05, 4.69) is 25.5 Å². The molecule has 0 bridgehead atoms. The zero-order valence-corrected chi connectivity index (χ0v) is 8.56. The van der Waals surface area contributed by atoms with E-state index in [1.165, 1.54) is 0 Å². The molecule has 3 heterocycles. The maximum atomic E-state index is 5.06. The van der Waals surface area contributed by atoms with Gasteiger partial charge in [0.05, 0.1) is 29.8 Å². The number of aromatic amines is 1. The molecule has 0 amide bonds. The third-order valence-corrected chi connectivity index (χ3v) is 2.33. The molecular formula is C10H9N5O. The van der Waals surface area contributed by atoms with Crippen molar-refractivity contribution >= 4 is 17.0 Å². The molecule has 0 saturated heterocycles. The van der Waals surface area contributed by atoms with Crippen LogP contribution in [0.25, 0.3) is 22.3 Å². The fraction of sp³-hybridized carbons (Fsp3) is 0.100. The van der Waals surface area contributed by atoms with Crippen LogP contribution in [0.4, 0.5) is 5.95 Å². The molecule has 16 heavy (non-hydrogen) atoms. The van der Waals surface area contributed by atoms with Crippen LogP contribution in [0.2, 0.25) is 0 Å². The average molecular weight is 215 g/mol. The minimum absolute atomic E-state index is 0.549. The zero-order chi connectivity index (χ0) is 11.0. The highest BCUT2D eigenvalue weighted by Gasteiger charge is 2.11. The summed E-state index contributed by atoms with van der Waals surface area (Å²) in [5.74, 6) is 0.549. The zero-order valence-electron chi connectivity index (χ0n) is 8.56. The maximum Gasteiger partial charge on any atom is 0.225 e. The third-order valence-electron chi connectivity index (χ3n) is 2.33. The molecule has 0 aliphatic rings. The lowest BCUT2D eigenvalue weighted by molar-refractivity contribution is 0.568. The molecule has 0 unspecified atom stereocenters.